The van der Waals surface area contributed by atoms with Gasteiger partial charge in [-0.15, -0.1) is 0 Å². The van der Waals surface area contributed by atoms with Gasteiger partial charge in [-0.3, -0.25) is 4.98 Å². The van der Waals surface area contributed by atoms with Crippen molar-refractivity contribution in [3.63, 3.8) is 0 Å². The molecule has 0 amide bonds. The Hall–Kier alpha value is -2.07. The molecule has 1 N–H and O–H groups in total. The van der Waals surface area contributed by atoms with Gasteiger partial charge in [-0.25, -0.2) is 0 Å². The zero-order valence-corrected chi connectivity index (χ0v) is 12.8. The van der Waals surface area contributed by atoms with Gasteiger partial charge in [0.25, 0.3) is 0 Å². The maximum atomic E-state index is 10.1. The summed E-state index contributed by atoms with van der Waals surface area (Å²) >= 11 is 0. The highest BCUT2D eigenvalue weighted by Crippen LogP contribution is 2.35. The molecule has 1 heterocycles. The Kier molecular flexibility index (Phi) is 5.17. The highest BCUT2D eigenvalue weighted by Gasteiger charge is 2.18. The van der Waals surface area contributed by atoms with E-state index in [4.69, 9.17) is 4.74 Å². The molecule has 0 aliphatic rings. The van der Waals surface area contributed by atoms with Gasteiger partial charge in [0.05, 0.1) is 13.2 Å². The van der Waals surface area contributed by atoms with Gasteiger partial charge in [-0.2, -0.15) is 0 Å². The molecule has 0 saturated carbocycles. The number of rotatable bonds is 6. The number of hydrogen-bond donors (Lipinski definition) is 1. The lowest BCUT2D eigenvalue weighted by atomic mass is 10.0. The van der Waals surface area contributed by atoms with Crippen molar-refractivity contribution in [2.45, 2.75) is 26.5 Å². The molecule has 1 aromatic carbocycles. The van der Waals surface area contributed by atoms with E-state index in [0.717, 1.165) is 30.1 Å². The first-order chi connectivity index (χ1) is 10.2. The molecule has 0 saturated heterocycles. The summed E-state index contributed by atoms with van der Waals surface area (Å²) in [6.07, 6.45) is 3.01. The van der Waals surface area contributed by atoms with Crippen molar-refractivity contribution in [2.75, 3.05) is 18.6 Å². The SMILES string of the molecule is CCN(Cc1ccncc1)c1cccc(OC)c1[C@H](C)O. The minimum absolute atomic E-state index is 0.581. The summed E-state index contributed by atoms with van der Waals surface area (Å²) in [6.45, 7) is 5.48. The predicted molar refractivity (Wildman–Crippen MR) is 84.6 cm³/mol. The smallest absolute Gasteiger partial charge is 0.126 e. The Morgan fingerprint density at radius 3 is 2.52 bits per heavy atom. The van der Waals surface area contributed by atoms with Gasteiger partial charge in [0.15, 0.2) is 0 Å². The monoisotopic (exact) mass is 286 g/mol. The number of ether oxygens (including phenoxy) is 1. The van der Waals surface area contributed by atoms with Gasteiger partial charge < -0.3 is 14.7 Å². The van der Waals surface area contributed by atoms with Crippen LogP contribution in [0.1, 0.15) is 31.1 Å². The molecular weight excluding hydrogens is 264 g/mol. The van der Waals surface area contributed by atoms with Crippen LogP contribution in [-0.2, 0) is 6.54 Å². The topological polar surface area (TPSA) is 45.6 Å². The number of hydrogen-bond acceptors (Lipinski definition) is 4. The van der Waals surface area contributed by atoms with Crippen LogP contribution in [0.15, 0.2) is 42.7 Å². The summed E-state index contributed by atoms with van der Waals surface area (Å²) in [7, 11) is 1.63. The molecule has 2 rings (SSSR count). The summed E-state index contributed by atoms with van der Waals surface area (Å²) in [5.74, 6) is 0.718. The van der Waals surface area contributed by atoms with Gasteiger partial charge in [0.2, 0.25) is 0 Å². The first kappa shape index (κ1) is 15.3. The van der Waals surface area contributed by atoms with Crippen molar-refractivity contribution in [3.8, 4) is 5.75 Å². The quantitative estimate of drug-likeness (QED) is 0.886. The number of nitrogens with zero attached hydrogens (tertiary/aromatic N) is 2. The molecule has 0 radical (unpaired) electrons. The van der Waals surface area contributed by atoms with Crippen LogP contribution in [0.5, 0.6) is 5.75 Å². The summed E-state index contributed by atoms with van der Waals surface area (Å²) in [5.41, 5.74) is 3.02. The molecule has 4 nitrogen and oxygen atoms in total. The maximum absolute atomic E-state index is 10.1. The second kappa shape index (κ2) is 7.09. The van der Waals surface area contributed by atoms with Gasteiger partial charge >= 0.3 is 0 Å². The molecule has 0 aliphatic carbocycles. The first-order valence-corrected chi connectivity index (χ1v) is 7.16. The second-order valence-electron chi connectivity index (χ2n) is 4.94. The Morgan fingerprint density at radius 1 is 1.24 bits per heavy atom. The largest absolute Gasteiger partial charge is 0.496 e. The Labute approximate surface area is 126 Å². The zero-order valence-electron chi connectivity index (χ0n) is 12.8. The second-order valence-corrected chi connectivity index (χ2v) is 4.94. The van der Waals surface area contributed by atoms with E-state index in [9.17, 15) is 5.11 Å². The van der Waals surface area contributed by atoms with Gasteiger partial charge in [-0.1, -0.05) is 6.07 Å². The van der Waals surface area contributed by atoms with Crippen LogP contribution in [0.3, 0.4) is 0 Å². The molecule has 4 heteroatoms. The maximum Gasteiger partial charge on any atom is 0.126 e. The van der Waals surface area contributed by atoms with Crippen molar-refractivity contribution in [1.29, 1.82) is 0 Å². The number of aromatic nitrogens is 1. The third-order valence-corrected chi connectivity index (χ3v) is 3.53. The van der Waals surface area contributed by atoms with Crippen LogP contribution < -0.4 is 9.64 Å². The fourth-order valence-corrected chi connectivity index (χ4v) is 2.48. The van der Waals surface area contributed by atoms with Gasteiger partial charge in [0, 0.05) is 36.7 Å². The van der Waals surface area contributed by atoms with Crippen molar-refractivity contribution in [2.24, 2.45) is 0 Å². The van der Waals surface area contributed by atoms with Crippen LogP contribution in [0.4, 0.5) is 5.69 Å². The normalized spacial score (nSPS) is 12.0. The van der Waals surface area contributed by atoms with Crippen molar-refractivity contribution >= 4 is 5.69 Å². The van der Waals surface area contributed by atoms with E-state index in [0.29, 0.717) is 0 Å². The molecule has 1 aromatic heterocycles. The Morgan fingerprint density at radius 2 is 1.95 bits per heavy atom. The molecule has 0 aliphatic heterocycles. The Bertz CT molecular complexity index is 570. The predicted octanol–water partition coefficient (Wildman–Crippen LogP) is 3.17. The zero-order chi connectivity index (χ0) is 15.2. The fraction of sp³-hybridized carbons (Fsp3) is 0.353. The lowest BCUT2D eigenvalue weighted by molar-refractivity contribution is 0.194. The van der Waals surface area contributed by atoms with Gasteiger partial charge in [0.1, 0.15) is 5.75 Å². The third-order valence-electron chi connectivity index (χ3n) is 3.53. The fourth-order valence-electron chi connectivity index (χ4n) is 2.48. The van der Waals surface area contributed by atoms with E-state index >= 15 is 0 Å². The van der Waals surface area contributed by atoms with Crippen LogP contribution in [0.2, 0.25) is 0 Å². The number of anilines is 1. The minimum atomic E-state index is -0.581. The number of pyridine rings is 1. The lowest BCUT2D eigenvalue weighted by Gasteiger charge is -2.28. The van der Waals surface area contributed by atoms with E-state index < -0.39 is 6.10 Å². The first-order valence-electron chi connectivity index (χ1n) is 7.16. The summed E-state index contributed by atoms with van der Waals surface area (Å²) in [5, 5.41) is 10.1. The molecular formula is C17H22N2O2. The van der Waals surface area contributed by atoms with E-state index in [1.165, 1.54) is 5.56 Å². The molecule has 2 aromatic rings. The molecule has 21 heavy (non-hydrogen) atoms. The lowest BCUT2D eigenvalue weighted by Crippen LogP contribution is -2.24. The van der Waals surface area contributed by atoms with E-state index in [1.807, 2.05) is 30.3 Å². The molecule has 0 fully saturated rings. The Balaban J connectivity index is 2.38. The van der Waals surface area contributed by atoms with E-state index in [-0.39, 0.29) is 0 Å². The van der Waals surface area contributed by atoms with E-state index in [2.05, 4.69) is 16.8 Å². The average Bonchev–Trinajstić information content (AvgIpc) is 2.52. The van der Waals surface area contributed by atoms with Crippen LogP contribution in [0.25, 0.3) is 0 Å². The van der Waals surface area contributed by atoms with Crippen LogP contribution in [-0.4, -0.2) is 23.7 Å². The van der Waals surface area contributed by atoms with Crippen molar-refractivity contribution in [1.82, 2.24) is 4.98 Å². The molecule has 0 bridgehead atoms. The minimum Gasteiger partial charge on any atom is -0.496 e. The number of benzene rings is 1. The number of aliphatic hydroxyl groups is 1. The molecule has 0 unspecified atom stereocenters. The van der Waals surface area contributed by atoms with Crippen LogP contribution in [0, 0.1) is 0 Å². The van der Waals surface area contributed by atoms with Crippen molar-refractivity contribution < 1.29 is 9.84 Å². The van der Waals surface area contributed by atoms with Crippen molar-refractivity contribution in [3.05, 3.63) is 53.9 Å². The van der Waals surface area contributed by atoms with E-state index in [1.54, 1.807) is 26.4 Å². The molecule has 0 spiro atoms. The average molecular weight is 286 g/mol. The summed E-state index contributed by atoms with van der Waals surface area (Å²) < 4.78 is 5.40. The summed E-state index contributed by atoms with van der Waals surface area (Å²) in [4.78, 5) is 6.27. The standard InChI is InChI=1S/C17H22N2O2/c1-4-19(12-14-8-10-18-11-9-14)15-6-5-7-16(21-3)17(15)13(2)20/h5-11,13,20H,4,12H2,1-3H3/t13-/m0/s1. The number of aliphatic hydroxyl groups excluding tert-OH is 1. The third kappa shape index (κ3) is 3.52. The molecule has 1 atom stereocenters. The molecule has 112 valence electrons. The highest BCUT2D eigenvalue weighted by atomic mass is 16.5. The summed E-state index contributed by atoms with van der Waals surface area (Å²) in [6, 6.07) is 9.87. The van der Waals surface area contributed by atoms with Crippen LogP contribution >= 0.6 is 0 Å². The number of methoxy groups -OCH3 is 1. The van der Waals surface area contributed by atoms with Gasteiger partial charge in [-0.05, 0) is 43.7 Å². The highest BCUT2D eigenvalue weighted by molar-refractivity contribution is 5.60.